The van der Waals surface area contributed by atoms with Crippen LogP contribution in [0.2, 0.25) is 0 Å². The van der Waals surface area contributed by atoms with Gasteiger partial charge in [-0.05, 0) is 43.3 Å². The van der Waals surface area contributed by atoms with Crippen LogP contribution in [0.3, 0.4) is 0 Å². The molecule has 138 valence electrons. The van der Waals surface area contributed by atoms with Crippen molar-refractivity contribution in [3.8, 4) is 11.5 Å². The second-order valence-corrected chi connectivity index (χ2v) is 6.12. The van der Waals surface area contributed by atoms with Crippen molar-refractivity contribution in [2.45, 2.75) is 26.9 Å². The molecule has 0 aliphatic carbocycles. The first-order chi connectivity index (χ1) is 12.4. The molecule has 0 bridgehead atoms. The fourth-order valence-corrected chi connectivity index (χ4v) is 2.13. The zero-order chi connectivity index (χ0) is 19.1. The Morgan fingerprint density at radius 3 is 1.81 bits per heavy atom. The minimum Gasteiger partial charge on any atom is -0.493 e. The number of amides is 2. The van der Waals surface area contributed by atoms with E-state index in [0.29, 0.717) is 22.9 Å². The number of hydrogen-bond acceptors (Lipinski definition) is 4. The third-order valence-electron chi connectivity index (χ3n) is 3.69. The lowest BCUT2D eigenvalue weighted by Crippen LogP contribution is -2.30. The summed E-state index contributed by atoms with van der Waals surface area (Å²) in [6.07, 6.45) is -0.702. The van der Waals surface area contributed by atoms with Gasteiger partial charge in [0.2, 0.25) is 5.91 Å². The standard InChI is InChI=1S/C20H24N2O4/c1-13(2)19(23)21-15-9-11-16(12-10-15)22-20(24)14(3)26-18-8-6-5-7-17(18)25-4/h5-14H,1-4H3,(H,21,23)(H,22,24). The summed E-state index contributed by atoms with van der Waals surface area (Å²) < 4.78 is 10.9. The van der Waals surface area contributed by atoms with E-state index < -0.39 is 6.10 Å². The average molecular weight is 356 g/mol. The lowest BCUT2D eigenvalue weighted by molar-refractivity contribution is -0.122. The van der Waals surface area contributed by atoms with E-state index in [-0.39, 0.29) is 17.7 Å². The predicted octanol–water partition coefficient (Wildman–Crippen LogP) is 3.70. The first kappa shape index (κ1) is 19.3. The van der Waals surface area contributed by atoms with E-state index in [1.807, 2.05) is 26.0 Å². The molecular weight excluding hydrogens is 332 g/mol. The Morgan fingerprint density at radius 1 is 0.808 bits per heavy atom. The van der Waals surface area contributed by atoms with Gasteiger partial charge < -0.3 is 20.1 Å². The smallest absolute Gasteiger partial charge is 0.265 e. The van der Waals surface area contributed by atoms with E-state index in [4.69, 9.17) is 9.47 Å². The van der Waals surface area contributed by atoms with Gasteiger partial charge in [-0.1, -0.05) is 26.0 Å². The lowest BCUT2D eigenvalue weighted by Gasteiger charge is -2.16. The van der Waals surface area contributed by atoms with Crippen LogP contribution >= 0.6 is 0 Å². The minimum atomic E-state index is -0.702. The van der Waals surface area contributed by atoms with E-state index >= 15 is 0 Å². The van der Waals surface area contributed by atoms with Crippen molar-refractivity contribution in [2.24, 2.45) is 5.92 Å². The van der Waals surface area contributed by atoms with Crippen LogP contribution in [0.4, 0.5) is 11.4 Å². The van der Waals surface area contributed by atoms with Crippen LogP contribution in [-0.4, -0.2) is 25.0 Å². The summed E-state index contributed by atoms with van der Waals surface area (Å²) in [5.41, 5.74) is 1.30. The topological polar surface area (TPSA) is 76.7 Å². The van der Waals surface area contributed by atoms with Crippen molar-refractivity contribution in [1.82, 2.24) is 0 Å². The van der Waals surface area contributed by atoms with E-state index in [2.05, 4.69) is 10.6 Å². The Kier molecular flexibility index (Phi) is 6.60. The summed E-state index contributed by atoms with van der Waals surface area (Å²) in [5, 5.41) is 5.59. The van der Waals surface area contributed by atoms with Crippen molar-refractivity contribution in [2.75, 3.05) is 17.7 Å². The fraction of sp³-hybridized carbons (Fsp3) is 0.300. The molecule has 0 fully saturated rings. The number of para-hydroxylation sites is 2. The molecule has 0 aromatic heterocycles. The molecule has 1 atom stereocenters. The zero-order valence-electron chi connectivity index (χ0n) is 15.4. The van der Waals surface area contributed by atoms with Crippen LogP contribution in [0.25, 0.3) is 0 Å². The first-order valence-electron chi connectivity index (χ1n) is 8.42. The highest BCUT2D eigenvalue weighted by Gasteiger charge is 2.17. The van der Waals surface area contributed by atoms with Crippen molar-refractivity contribution in [3.63, 3.8) is 0 Å². The monoisotopic (exact) mass is 356 g/mol. The number of ether oxygens (including phenoxy) is 2. The lowest BCUT2D eigenvalue weighted by atomic mass is 10.2. The maximum atomic E-state index is 12.3. The summed E-state index contributed by atoms with van der Waals surface area (Å²) in [4.78, 5) is 24.0. The summed E-state index contributed by atoms with van der Waals surface area (Å²) in [6, 6.07) is 14.1. The van der Waals surface area contributed by atoms with Crippen LogP contribution < -0.4 is 20.1 Å². The van der Waals surface area contributed by atoms with E-state index in [9.17, 15) is 9.59 Å². The van der Waals surface area contributed by atoms with Crippen LogP contribution in [0, 0.1) is 5.92 Å². The van der Waals surface area contributed by atoms with Crippen LogP contribution in [-0.2, 0) is 9.59 Å². The highest BCUT2D eigenvalue weighted by molar-refractivity contribution is 5.95. The third-order valence-corrected chi connectivity index (χ3v) is 3.69. The Labute approximate surface area is 153 Å². The number of carbonyl (C=O) groups is 2. The Hall–Kier alpha value is -3.02. The zero-order valence-corrected chi connectivity index (χ0v) is 15.4. The van der Waals surface area contributed by atoms with Crippen LogP contribution in [0.1, 0.15) is 20.8 Å². The highest BCUT2D eigenvalue weighted by atomic mass is 16.5. The number of hydrogen-bond donors (Lipinski definition) is 2. The largest absolute Gasteiger partial charge is 0.493 e. The Balaban J connectivity index is 1.95. The molecule has 26 heavy (non-hydrogen) atoms. The molecule has 6 nitrogen and oxygen atoms in total. The molecule has 0 saturated carbocycles. The van der Waals surface area contributed by atoms with Crippen molar-refractivity contribution in [3.05, 3.63) is 48.5 Å². The van der Waals surface area contributed by atoms with Crippen molar-refractivity contribution >= 4 is 23.2 Å². The van der Waals surface area contributed by atoms with Gasteiger partial charge in [-0.15, -0.1) is 0 Å². The molecule has 2 N–H and O–H groups in total. The molecular formula is C20H24N2O4. The van der Waals surface area contributed by atoms with Crippen molar-refractivity contribution < 1.29 is 19.1 Å². The molecule has 6 heteroatoms. The Morgan fingerprint density at radius 2 is 1.31 bits per heavy atom. The second kappa shape index (κ2) is 8.89. The fourth-order valence-electron chi connectivity index (χ4n) is 2.13. The molecule has 2 aromatic carbocycles. The van der Waals surface area contributed by atoms with E-state index in [1.54, 1.807) is 50.4 Å². The number of rotatable bonds is 7. The van der Waals surface area contributed by atoms with Crippen molar-refractivity contribution in [1.29, 1.82) is 0 Å². The number of methoxy groups -OCH3 is 1. The molecule has 2 rings (SSSR count). The molecule has 1 unspecified atom stereocenters. The van der Waals surface area contributed by atoms with Gasteiger partial charge in [0.05, 0.1) is 7.11 Å². The summed E-state index contributed by atoms with van der Waals surface area (Å²) in [6.45, 7) is 5.32. The highest BCUT2D eigenvalue weighted by Crippen LogP contribution is 2.27. The normalized spacial score (nSPS) is 11.6. The van der Waals surface area contributed by atoms with Gasteiger partial charge in [-0.25, -0.2) is 0 Å². The molecule has 0 radical (unpaired) electrons. The van der Waals surface area contributed by atoms with Gasteiger partial charge in [0, 0.05) is 17.3 Å². The van der Waals surface area contributed by atoms with Crippen LogP contribution in [0.5, 0.6) is 11.5 Å². The van der Waals surface area contributed by atoms with E-state index in [0.717, 1.165) is 0 Å². The minimum absolute atomic E-state index is 0.0550. The molecule has 2 aromatic rings. The summed E-state index contributed by atoms with van der Waals surface area (Å²) >= 11 is 0. The maximum Gasteiger partial charge on any atom is 0.265 e. The van der Waals surface area contributed by atoms with Gasteiger partial charge in [0.25, 0.3) is 5.91 Å². The quantitative estimate of drug-likeness (QED) is 0.793. The SMILES string of the molecule is COc1ccccc1OC(C)C(=O)Nc1ccc(NC(=O)C(C)C)cc1. The van der Waals surface area contributed by atoms with Gasteiger partial charge in [0.15, 0.2) is 17.6 Å². The van der Waals surface area contributed by atoms with E-state index in [1.165, 1.54) is 0 Å². The summed E-state index contributed by atoms with van der Waals surface area (Å²) in [7, 11) is 1.55. The molecule has 0 aliphatic heterocycles. The molecule has 0 saturated heterocycles. The molecule has 0 heterocycles. The molecule has 2 amide bonds. The van der Waals surface area contributed by atoms with Gasteiger partial charge in [-0.3, -0.25) is 9.59 Å². The number of benzene rings is 2. The average Bonchev–Trinajstić information content (AvgIpc) is 2.63. The number of anilines is 2. The second-order valence-electron chi connectivity index (χ2n) is 6.12. The van der Waals surface area contributed by atoms with Gasteiger partial charge in [-0.2, -0.15) is 0 Å². The maximum absolute atomic E-state index is 12.3. The molecule has 0 aliphatic rings. The molecule has 0 spiro atoms. The van der Waals surface area contributed by atoms with Crippen LogP contribution in [0.15, 0.2) is 48.5 Å². The number of carbonyl (C=O) groups excluding carboxylic acids is 2. The summed E-state index contributed by atoms with van der Waals surface area (Å²) in [5.74, 6) is 0.639. The van der Waals surface area contributed by atoms with Gasteiger partial charge in [0.1, 0.15) is 0 Å². The first-order valence-corrected chi connectivity index (χ1v) is 8.42. The number of nitrogens with one attached hydrogen (secondary N) is 2. The Bertz CT molecular complexity index is 757. The predicted molar refractivity (Wildman–Crippen MR) is 102 cm³/mol. The third kappa shape index (κ3) is 5.24. The van der Waals surface area contributed by atoms with Gasteiger partial charge >= 0.3 is 0 Å².